The van der Waals surface area contributed by atoms with E-state index in [9.17, 15) is 0 Å². The quantitative estimate of drug-likeness (QED) is 0.884. The molecule has 1 fully saturated rings. The number of fused-ring (bicyclic) bond motifs is 1. The average Bonchev–Trinajstić information content (AvgIpc) is 2.79. The van der Waals surface area contributed by atoms with Gasteiger partial charge in [-0.15, -0.1) is 0 Å². The molecule has 0 saturated heterocycles. The van der Waals surface area contributed by atoms with Crippen LogP contribution < -0.4 is 11.1 Å². The summed E-state index contributed by atoms with van der Waals surface area (Å²) in [6.45, 7) is 2.91. The Morgan fingerprint density at radius 1 is 1.32 bits per heavy atom. The minimum atomic E-state index is 0.448. The van der Waals surface area contributed by atoms with Gasteiger partial charge in [0.1, 0.15) is 6.33 Å². The minimum absolute atomic E-state index is 0.448. The van der Waals surface area contributed by atoms with Crippen LogP contribution in [0.2, 0.25) is 0 Å². The Balaban J connectivity index is 1.95. The number of aryl methyl sites for hydroxylation is 1. The molecule has 6 nitrogen and oxygen atoms in total. The highest BCUT2D eigenvalue weighted by molar-refractivity contribution is 5.83. The molecule has 0 unspecified atom stereocenters. The van der Waals surface area contributed by atoms with E-state index in [-0.39, 0.29) is 0 Å². The summed E-state index contributed by atoms with van der Waals surface area (Å²) in [7, 11) is 0. The Morgan fingerprint density at radius 2 is 2.11 bits per heavy atom. The zero-order chi connectivity index (χ0) is 13.2. The van der Waals surface area contributed by atoms with Crippen molar-refractivity contribution in [2.45, 2.75) is 51.6 Å². The molecular weight excluding hydrogens is 240 g/mol. The van der Waals surface area contributed by atoms with E-state index in [4.69, 9.17) is 5.73 Å². The second-order valence-electron chi connectivity index (χ2n) is 5.09. The zero-order valence-corrected chi connectivity index (χ0v) is 11.3. The monoisotopic (exact) mass is 260 g/mol. The summed E-state index contributed by atoms with van der Waals surface area (Å²) in [6, 6.07) is 0.519. The van der Waals surface area contributed by atoms with E-state index in [0.29, 0.717) is 17.4 Å². The van der Waals surface area contributed by atoms with Crippen LogP contribution in [0, 0.1) is 0 Å². The Labute approximate surface area is 112 Å². The van der Waals surface area contributed by atoms with Crippen LogP contribution in [0.5, 0.6) is 0 Å². The lowest BCUT2D eigenvalue weighted by Gasteiger charge is -2.23. The van der Waals surface area contributed by atoms with Gasteiger partial charge in [-0.2, -0.15) is 0 Å². The number of imidazole rings is 1. The minimum Gasteiger partial charge on any atom is -0.382 e. The molecule has 0 aromatic carbocycles. The normalized spacial score (nSPS) is 16.9. The van der Waals surface area contributed by atoms with E-state index in [1.54, 1.807) is 0 Å². The molecule has 1 aliphatic carbocycles. The van der Waals surface area contributed by atoms with E-state index >= 15 is 0 Å². The third-order valence-electron chi connectivity index (χ3n) is 3.81. The molecule has 3 rings (SSSR count). The number of anilines is 2. The standard InChI is InChI=1S/C13H20N6/c1-2-19-12-10(11(14)15-8-16-12)18-13(19)17-9-6-4-3-5-7-9/h8-9H,2-7H2,1H3,(H,17,18)(H2,14,15,16). The van der Waals surface area contributed by atoms with E-state index in [1.807, 2.05) is 0 Å². The van der Waals surface area contributed by atoms with Gasteiger partial charge in [0.2, 0.25) is 5.95 Å². The highest BCUT2D eigenvalue weighted by atomic mass is 15.2. The van der Waals surface area contributed by atoms with Crippen LogP contribution in [0.3, 0.4) is 0 Å². The zero-order valence-electron chi connectivity index (χ0n) is 11.3. The Hall–Kier alpha value is -1.85. The van der Waals surface area contributed by atoms with Gasteiger partial charge in [-0.25, -0.2) is 15.0 Å². The van der Waals surface area contributed by atoms with Crippen molar-refractivity contribution in [1.82, 2.24) is 19.5 Å². The predicted molar refractivity (Wildman–Crippen MR) is 75.9 cm³/mol. The molecule has 1 aliphatic rings. The lowest BCUT2D eigenvalue weighted by atomic mass is 9.96. The summed E-state index contributed by atoms with van der Waals surface area (Å²) < 4.78 is 2.07. The first-order valence-electron chi connectivity index (χ1n) is 7.03. The van der Waals surface area contributed by atoms with Gasteiger partial charge < -0.3 is 11.1 Å². The number of nitrogen functional groups attached to an aromatic ring is 1. The second kappa shape index (κ2) is 5.03. The lowest BCUT2D eigenvalue weighted by molar-refractivity contribution is 0.459. The summed E-state index contributed by atoms with van der Waals surface area (Å²) in [4.78, 5) is 12.9. The van der Waals surface area contributed by atoms with Crippen molar-refractivity contribution >= 4 is 22.9 Å². The molecule has 1 saturated carbocycles. The number of nitrogens with two attached hydrogens (primary N) is 1. The van der Waals surface area contributed by atoms with Gasteiger partial charge in [0.25, 0.3) is 0 Å². The van der Waals surface area contributed by atoms with Crippen LogP contribution in [-0.2, 0) is 6.54 Å². The fourth-order valence-electron chi connectivity index (χ4n) is 2.79. The van der Waals surface area contributed by atoms with E-state index in [1.165, 1.54) is 38.4 Å². The van der Waals surface area contributed by atoms with Crippen LogP contribution in [-0.4, -0.2) is 25.6 Å². The van der Waals surface area contributed by atoms with Crippen molar-refractivity contribution in [2.75, 3.05) is 11.1 Å². The third kappa shape index (κ3) is 2.22. The van der Waals surface area contributed by atoms with E-state index in [2.05, 4.69) is 31.8 Å². The molecule has 0 amide bonds. The molecule has 2 aromatic heterocycles. The van der Waals surface area contributed by atoms with Crippen LogP contribution in [0.1, 0.15) is 39.0 Å². The lowest BCUT2D eigenvalue weighted by Crippen LogP contribution is -2.24. The first-order chi connectivity index (χ1) is 9.29. The first kappa shape index (κ1) is 12.2. The van der Waals surface area contributed by atoms with Crippen molar-refractivity contribution in [3.05, 3.63) is 6.33 Å². The van der Waals surface area contributed by atoms with Gasteiger partial charge in [0.05, 0.1) is 0 Å². The number of rotatable bonds is 3. The third-order valence-corrected chi connectivity index (χ3v) is 3.81. The summed E-state index contributed by atoms with van der Waals surface area (Å²) in [5.41, 5.74) is 7.38. The molecule has 0 radical (unpaired) electrons. The fraction of sp³-hybridized carbons (Fsp3) is 0.615. The molecule has 0 spiro atoms. The van der Waals surface area contributed by atoms with Gasteiger partial charge in [0, 0.05) is 12.6 Å². The SMILES string of the molecule is CCn1c(NC2CCCCC2)nc2c(N)ncnc21. The molecule has 3 N–H and O–H groups in total. The van der Waals surface area contributed by atoms with Crippen LogP contribution in [0.15, 0.2) is 6.33 Å². The van der Waals surface area contributed by atoms with Crippen molar-refractivity contribution < 1.29 is 0 Å². The van der Waals surface area contributed by atoms with Crippen molar-refractivity contribution in [2.24, 2.45) is 0 Å². The summed E-state index contributed by atoms with van der Waals surface area (Å²) in [5, 5.41) is 3.55. The number of aromatic nitrogens is 4. The number of hydrogen-bond donors (Lipinski definition) is 2. The maximum absolute atomic E-state index is 5.87. The molecule has 2 heterocycles. The Morgan fingerprint density at radius 3 is 2.84 bits per heavy atom. The van der Waals surface area contributed by atoms with Crippen molar-refractivity contribution in [3.8, 4) is 0 Å². The van der Waals surface area contributed by atoms with E-state index in [0.717, 1.165) is 18.1 Å². The molecule has 6 heteroatoms. The van der Waals surface area contributed by atoms with Gasteiger partial charge in [-0.3, -0.25) is 4.57 Å². The fourth-order valence-corrected chi connectivity index (χ4v) is 2.79. The van der Waals surface area contributed by atoms with Crippen LogP contribution in [0.4, 0.5) is 11.8 Å². The number of nitrogens with one attached hydrogen (secondary N) is 1. The van der Waals surface area contributed by atoms with Crippen LogP contribution in [0.25, 0.3) is 11.2 Å². The molecular formula is C13H20N6. The van der Waals surface area contributed by atoms with Crippen LogP contribution >= 0.6 is 0 Å². The van der Waals surface area contributed by atoms with E-state index < -0.39 is 0 Å². The van der Waals surface area contributed by atoms with Gasteiger partial charge in [-0.1, -0.05) is 19.3 Å². The molecule has 0 aliphatic heterocycles. The number of hydrogen-bond acceptors (Lipinski definition) is 5. The summed E-state index contributed by atoms with van der Waals surface area (Å²) in [5.74, 6) is 1.32. The molecule has 102 valence electrons. The number of nitrogens with zero attached hydrogens (tertiary/aromatic N) is 4. The second-order valence-corrected chi connectivity index (χ2v) is 5.09. The Kier molecular flexibility index (Phi) is 3.23. The summed E-state index contributed by atoms with van der Waals surface area (Å²) in [6.07, 6.45) is 7.87. The Bertz CT molecular complexity index is 570. The molecule has 0 atom stereocenters. The maximum Gasteiger partial charge on any atom is 0.205 e. The first-order valence-corrected chi connectivity index (χ1v) is 7.03. The molecule has 0 bridgehead atoms. The van der Waals surface area contributed by atoms with Gasteiger partial charge in [0.15, 0.2) is 17.0 Å². The largest absolute Gasteiger partial charge is 0.382 e. The van der Waals surface area contributed by atoms with Gasteiger partial charge >= 0.3 is 0 Å². The summed E-state index contributed by atoms with van der Waals surface area (Å²) >= 11 is 0. The predicted octanol–water partition coefficient (Wildman–Crippen LogP) is 2.17. The van der Waals surface area contributed by atoms with Crippen molar-refractivity contribution in [3.63, 3.8) is 0 Å². The van der Waals surface area contributed by atoms with Gasteiger partial charge in [-0.05, 0) is 19.8 Å². The average molecular weight is 260 g/mol. The van der Waals surface area contributed by atoms with Crippen molar-refractivity contribution in [1.29, 1.82) is 0 Å². The topological polar surface area (TPSA) is 81.7 Å². The maximum atomic E-state index is 5.87. The smallest absolute Gasteiger partial charge is 0.205 e. The highest BCUT2D eigenvalue weighted by Gasteiger charge is 2.18. The molecule has 2 aromatic rings. The molecule has 19 heavy (non-hydrogen) atoms. The highest BCUT2D eigenvalue weighted by Crippen LogP contribution is 2.25.